The number of rotatable bonds is 4. The largest absolute Gasteiger partial charge is 0.481 e. The van der Waals surface area contributed by atoms with Crippen LogP contribution in [0.15, 0.2) is 83.9 Å². The summed E-state index contributed by atoms with van der Waals surface area (Å²) in [5.74, 6) is 2.92. The van der Waals surface area contributed by atoms with Gasteiger partial charge in [-0.05, 0) is 23.6 Å². The first-order chi connectivity index (χ1) is 21.6. The van der Waals surface area contributed by atoms with Crippen LogP contribution in [-0.4, -0.2) is 32.7 Å². The molecule has 228 valence electrons. The SMILES string of the molecule is C#CCN1C(=O)COc2cc(F)c(/N=c3\snc4n3CC(C)(C)C4)cc21.Cn1c(-c2ccccc2)cc(-c2ccccc2)[n+]1C. The van der Waals surface area contributed by atoms with Gasteiger partial charge in [-0.3, -0.25) is 9.69 Å². The molecule has 45 heavy (non-hydrogen) atoms. The van der Waals surface area contributed by atoms with E-state index in [4.69, 9.17) is 11.2 Å². The molecule has 0 N–H and O–H groups in total. The van der Waals surface area contributed by atoms with Crippen molar-refractivity contribution in [2.75, 3.05) is 18.1 Å². The number of fused-ring (bicyclic) bond motifs is 2. The number of benzene rings is 3. The first kappa shape index (κ1) is 30.0. The van der Waals surface area contributed by atoms with E-state index in [0.29, 0.717) is 16.2 Å². The molecule has 7 rings (SSSR count). The van der Waals surface area contributed by atoms with Crippen molar-refractivity contribution in [3.05, 3.63) is 95.3 Å². The van der Waals surface area contributed by atoms with Gasteiger partial charge < -0.3 is 9.30 Å². The highest BCUT2D eigenvalue weighted by Crippen LogP contribution is 2.37. The number of carbonyl (C=O) groups is 1. The number of anilines is 1. The van der Waals surface area contributed by atoms with Crippen molar-refractivity contribution in [2.45, 2.75) is 26.8 Å². The lowest BCUT2D eigenvalue weighted by atomic mass is 9.92. The van der Waals surface area contributed by atoms with Crippen LogP contribution in [0.5, 0.6) is 5.75 Å². The molecule has 0 unspecified atom stereocenters. The highest BCUT2D eigenvalue weighted by atomic mass is 32.1. The zero-order chi connectivity index (χ0) is 31.7. The number of amides is 1. The average Bonchev–Trinajstić information content (AvgIpc) is 3.65. The van der Waals surface area contributed by atoms with Gasteiger partial charge in [-0.2, -0.15) is 9.06 Å². The predicted octanol–water partition coefficient (Wildman–Crippen LogP) is 5.44. The summed E-state index contributed by atoms with van der Waals surface area (Å²) in [4.78, 5) is 18.6. The maximum atomic E-state index is 14.5. The Morgan fingerprint density at radius 3 is 2.47 bits per heavy atom. The lowest BCUT2D eigenvalue weighted by Crippen LogP contribution is -2.39. The normalized spacial score (nSPS) is 15.1. The number of terminal acetylenes is 1. The van der Waals surface area contributed by atoms with Crippen LogP contribution in [0.3, 0.4) is 0 Å². The molecule has 0 saturated heterocycles. The lowest BCUT2D eigenvalue weighted by molar-refractivity contribution is -0.740. The van der Waals surface area contributed by atoms with E-state index in [1.54, 1.807) is 0 Å². The number of hydrogen-bond donors (Lipinski definition) is 0. The minimum absolute atomic E-state index is 0.0964. The highest BCUT2D eigenvalue weighted by Gasteiger charge is 2.31. The van der Waals surface area contributed by atoms with E-state index >= 15 is 0 Å². The van der Waals surface area contributed by atoms with Gasteiger partial charge in [0.05, 0.1) is 19.3 Å². The van der Waals surface area contributed by atoms with Gasteiger partial charge in [0.1, 0.15) is 23.0 Å². The van der Waals surface area contributed by atoms with Gasteiger partial charge in [-0.15, -0.1) is 11.1 Å². The fraction of sp³-hybridized carbons (Fsp3) is 0.257. The van der Waals surface area contributed by atoms with Gasteiger partial charge in [-0.1, -0.05) is 68.3 Å². The molecule has 1 amide bonds. The van der Waals surface area contributed by atoms with E-state index in [9.17, 15) is 9.18 Å². The van der Waals surface area contributed by atoms with E-state index in [1.807, 2.05) is 16.7 Å². The van der Waals surface area contributed by atoms with E-state index in [1.165, 1.54) is 51.1 Å². The molecule has 0 aliphatic carbocycles. The Hall–Kier alpha value is -5.01. The van der Waals surface area contributed by atoms with Crippen molar-refractivity contribution in [1.82, 2.24) is 13.6 Å². The molecular weight excluding hydrogens is 587 g/mol. The van der Waals surface area contributed by atoms with Crippen molar-refractivity contribution >= 4 is 28.8 Å². The molecule has 2 aromatic heterocycles. The molecule has 0 fully saturated rings. The van der Waals surface area contributed by atoms with Crippen LogP contribution in [0.4, 0.5) is 15.8 Å². The monoisotopic (exact) mass is 621 g/mol. The summed E-state index contributed by atoms with van der Waals surface area (Å²) in [5.41, 5.74) is 5.60. The minimum Gasteiger partial charge on any atom is -0.481 e. The summed E-state index contributed by atoms with van der Waals surface area (Å²) in [5, 5.41) is 0. The zero-order valence-corrected chi connectivity index (χ0v) is 26.5. The molecule has 0 atom stereocenters. The Kier molecular flexibility index (Phi) is 8.12. The second-order valence-electron chi connectivity index (χ2n) is 11.9. The quantitative estimate of drug-likeness (QED) is 0.198. The fourth-order valence-corrected chi connectivity index (χ4v) is 6.40. The van der Waals surface area contributed by atoms with Gasteiger partial charge >= 0.3 is 0 Å². The minimum atomic E-state index is -0.515. The topological polar surface area (TPSA) is 68.5 Å². The van der Waals surface area contributed by atoms with Gasteiger partial charge in [0.15, 0.2) is 19.5 Å². The van der Waals surface area contributed by atoms with E-state index in [-0.39, 0.29) is 30.2 Å². The Bertz CT molecular complexity index is 1930. The summed E-state index contributed by atoms with van der Waals surface area (Å²) >= 11 is 1.24. The summed E-state index contributed by atoms with van der Waals surface area (Å²) < 4.78 is 30.7. The Morgan fingerprint density at radius 1 is 1.09 bits per heavy atom. The molecule has 2 aliphatic rings. The summed E-state index contributed by atoms with van der Waals surface area (Å²) in [7, 11) is 4.18. The molecule has 0 bridgehead atoms. The Balaban J connectivity index is 0.000000167. The number of halogens is 1. The van der Waals surface area contributed by atoms with E-state index < -0.39 is 5.82 Å². The third-order valence-electron chi connectivity index (χ3n) is 7.99. The van der Waals surface area contributed by atoms with Crippen molar-refractivity contribution < 1.29 is 18.6 Å². The Morgan fingerprint density at radius 2 is 1.78 bits per heavy atom. The van der Waals surface area contributed by atoms with E-state index in [2.05, 4.69) is 107 Å². The third-order valence-corrected chi connectivity index (χ3v) is 8.77. The smallest absolute Gasteiger partial charge is 0.265 e. The number of carbonyl (C=O) groups excluding carboxylic acids is 1. The molecular formula is C35H34FN6O2S+. The molecule has 2 aliphatic heterocycles. The van der Waals surface area contributed by atoms with Gasteiger partial charge in [0.25, 0.3) is 5.91 Å². The second kappa shape index (κ2) is 12.2. The van der Waals surface area contributed by atoms with Crippen LogP contribution in [0.1, 0.15) is 19.7 Å². The first-order valence-corrected chi connectivity index (χ1v) is 15.4. The van der Waals surface area contributed by atoms with Crippen molar-refractivity contribution in [1.29, 1.82) is 0 Å². The highest BCUT2D eigenvalue weighted by molar-refractivity contribution is 7.02. The first-order valence-electron chi connectivity index (χ1n) is 14.6. The molecule has 10 heteroatoms. The third kappa shape index (κ3) is 6.04. The maximum Gasteiger partial charge on any atom is 0.265 e. The van der Waals surface area contributed by atoms with Crippen LogP contribution < -0.4 is 19.1 Å². The number of nitrogens with zero attached hydrogens (tertiary/aromatic N) is 6. The van der Waals surface area contributed by atoms with Gasteiger partial charge in [0, 0.05) is 47.8 Å². The summed E-state index contributed by atoms with van der Waals surface area (Å²) in [6.45, 7) is 5.05. The van der Waals surface area contributed by atoms with Crippen LogP contribution >= 0.6 is 11.5 Å². The lowest BCUT2D eigenvalue weighted by Gasteiger charge is -2.28. The predicted molar refractivity (Wildman–Crippen MR) is 173 cm³/mol. The molecule has 0 spiro atoms. The fourth-order valence-electron chi connectivity index (χ4n) is 5.64. The zero-order valence-electron chi connectivity index (χ0n) is 25.7. The standard InChI is InChI=1S/C18H17FN4O2S.C17H17N2/c1-4-5-22-13-7-12(11(19)6-14(13)25-9-16(22)24)20-17-23-10-18(2,3)8-15(23)21-26-17;1-18-16(14-9-5-3-6-10-14)13-17(19(18)2)15-11-7-4-8-12-15/h1,6-7H,5,8-10H2,2-3H3;3-13H,1-2H3/q;+1/b20-17-;. The number of hydrogen-bond acceptors (Lipinski definition) is 5. The van der Waals surface area contributed by atoms with Crippen molar-refractivity contribution in [3.8, 4) is 40.6 Å². The molecule has 3 aromatic carbocycles. The Labute approximate surface area is 265 Å². The average molecular weight is 622 g/mol. The van der Waals surface area contributed by atoms with Crippen LogP contribution in [0.2, 0.25) is 0 Å². The second-order valence-corrected chi connectivity index (χ2v) is 12.6. The van der Waals surface area contributed by atoms with Crippen molar-refractivity contribution in [3.63, 3.8) is 0 Å². The van der Waals surface area contributed by atoms with Gasteiger partial charge in [-0.25, -0.2) is 9.38 Å². The molecule has 8 nitrogen and oxygen atoms in total. The summed E-state index contributed by atoms with van der Waals surface area (Å²) in [6, 6.07) is 26.0. The molecule has 5 aromatic rings. The summed E-state index contributed by atoms with van der Waals surface area (Å²) in [6.07, 6.45) is 6.22. The van der Waals surface area contributed by atoms with Crippen LogP contribution in [0.25, 0.3) is 22.5 Å². The molecule has 4 heterocycles. The molecule has 0 saturated carbocycles. The number of aromatic nitrogens is 4. The number of ether oxygens (including phenoxy) is 1. The maximum absolute atomic E-state index is 14.5. The molecule has 0 radical (unpaired) electrons. The van der Waals surface area contributed by atoms with Gasteiger partial charge in [0.2, 0.25) is 10.5 Å². The van der Waals surface area contributed by atoms with Crippen molar-refractivity contribution in [2.24, 2.45) is 24.5 Å². The van der Waals surface area contributed by atoms with Crippen LogP contribution in [-0.2, 0) is 31.9 Å². The van der Waals surface area contributed by atoms with E-state index in [0.717, 1.165) is 18.8 Å². The van der Waals surface area contributed by atoms with Crippen LogP contribution in [0, 0.1) is 23.6 Å².